The Kier molecular flexibility index (Phi) is 6.69. The van der Waals surface area contributed by atoms with Gasteiger partial charge in [-0.15, -0.1) is 0 Å². The number of sulfonamides is 1. The van der Waals surface area contributed by atoms with Crippen molar-refractivity contribution in [2.45, 2.75) is 17.9 Å². The average molecular weight is 361 g/mol. The minimum atomic E-state index is -3.66. The second kappa shape index (κ2) is 8.75. The Balaban J connectivity index is 1.72. The summed E-state index contributed by atoms with van der Waals surface area (Å²) in [7, 11) is -1.88. The summed E-state index contributed by atoms with van der Waals surface area (Å²) in [6, 6.07) is 16.3. The van der Waals surface area contributed by atoms with Crippen LogP contribution in [0.1, 0.15) is 11.1 Å². The molecule has 0 heterocycles. The number of hydrogen-bond donors (Lipinski definition) is 2. The highest BCUT2D eigenvalue weighted by Gasteiger charge is 2.09. The number of benzene rings is 2. The standard InChI is InChI=1S/C18H23N3O3S/c1-21(14-16-5-3-2-4-6-16)18(22)13-20-12-11-15-7-9-17(10-8-15)25(19,23)24/h2-10,20H,11-14H2,1H3,(H2,19,23,24). The summed E-state index contributed by atoms with van der Waals surface area (Å²) in [6.07, 6.45) is 0.695. The Morgan fingerprint density at radius 1 is 1.04 bits per heavy atom. The Morgan fingerprint density at radius 2 is 1.68 bits per heavy atom. The molecular weight excluding hydrogens is 338 g/mol. The molecule has 0 atom stereocenters. The lowest BCUT2D eigenvalue weighted by atomic mass is 10.1. The van der Waals surface area contributed by atoms with E-state index in [9.17, 15) is 13.2 Å². The molecule has 0 aromatic heterocycles. The highest BCUT2D eigenvalue weighted by Crippen LogP contribution is 2.09. The maximum Gasteiger partial charge on any atom is 0.238 e. The van der Waals surface area contributed by atoms with Gasteiger partial charge in [0.2, 0.25) is 15.9 Å². The van der Waals surface area contributed by atoms with Crippen molar-refractivity contribution < 1.29 is 13.2 Å². The first-order valence-corrected chi connectivity index (χ1v) is 9.51. The average Bonchev–Trinajstić information content (AvgIpc) is 2.59. The van der Waals surface area contributed by atoms with Gasteiger partial charge >= 0.3 is 0 Å². The number of rotatable bonds is 8. The van der Waals surface area contributed by atoms with Crippen molar-refractivity contribution in [3.8, 4) is 0 Å². The van der Waals surface area contributed by atoms with Gasteiger partial charge < -0.3 is 10.2 Å². The zero-order valence-corrected chi connectivity index (χ0v) is 15.0. The van der Waals surface area contributed by atoms with E-state index in [1.807, 2.05) is 30.3 Å². The predicted molar refractivity (Wildman–Crippen MR) is 97.3 cm³/mol. The number of likely N-dealkylation sites (N-methyl/N-ethyl adjacent to an activating group) is 1. The van der Waals surface area contributed by atoms with E-state index in [2.05, 4.69) is 5.32 Å². The number of carbonyl (C=O) groups excluding carboxylic acids is 1. The van der Waals surface area contributed by atoms with Crippen molar-refractivity contribution in [3.05, 3.63) is 65.7 Å². The van der Waals surface area contributed by atoms with E-state index in [1.165, 1.54) is 12.1 Å². The molecule has 0 unspecified atom stereocenters. The summed E-state index contributed by atoms with van der Waals surface area (Å²) in [5.41, 5.74) is 2.07. The van der Waals surface area contributed by atoms with Crippen LogP contribution in [-0.2, 0) is 27.8 Å². The van der Waals surface area contributed by atoms with E-state index in [1.54, 1.807) is 24.1 Å². The lowest BCUT2D eigenvalue weighted by molar-refractivity contribution is -0.129. The molecule has 2 rings (SSSR count). The van der Waals surface area contributed by atoms with Crippen LogP contribution in [0.3, 0.4) is 0 Å². The molecule has 0 aliphatic heterocycles. The third-order valence-electron chi connectivity index (χ3n) is 3.81. The summed E-state index contributed by atoms with van der Waals surface area (Å²) in [5, 5.41) is 8.17. The van der Waals surface area contributed by atoms with Crippen molar-refractivity contribution in [1.82, 2.24) is 10.2 Å². The van der Waals surface area contributed by atoms with Gasteiger partial charge in [-0.3, -0.25) is 4.79 Å². The van der Waals surface area contributed by atoms with Crippen LogP contribution in [0.15, 0.2) is 59.5 Å². The fourth-order valence-corrected chi connectivity index (χ4v) is 2.87. The lowest BCUT2D eigenvalue weighted by Crippen LogP contribution is -2.35. The van der Waals surface area contributed by atoms with E-state index in [-0.39, 0.29) is 17.3 Å². The molecule has 2 aromatic rings. The van der Waals surface area contributed by atoms with Gasteiger partial charge in [0.25, 0.3) is 0 Å². The van der Waals surface area contributed by atoms with E-state index in [0.717, 1.165) is 11.1 Å². The molecule has 0 radical (unpaired) electrons. The van der Waals surface area contributed by atoms with Crippen LogP contribution in [0.2, 0.25) is 0 Å². The monoisotopic (exact) mass is 361 g/mol. The first-order chi connectivity index (χ1) is 11.9. The van der Waals surface area contributed by atoms with Gasteiger partial charge in [-0.25, -0.2) is 13.6 Å². The third kappa shape index (κ3) is 6.30. The van der Waals surface area contributed by atoms with Crippen LogP contribution < -0.4 is 10.5 Å². The van der Waals surface area contributed by atoms with Crippen molar-refractivity contribution in [2.24, 2.45) is 5.14 Å². The van der Waals surface area contributed by atoms with Crippen molar-refractivity contribution >= 4 is 15.9 Å². The quantitative estimate of drug-likeness (QED) is 0.689. The fraction of sp³-hybridized carbons (Fsp3) is 0.278. The number of nitrogens with zero attached hydrogens (tertiary/aromatic N) is 1. The second-order valence-electron chi connectivity index (χ2n) is 5.85. The Hall–Kier alpha value is -2.22. The van der Waals surface area contributed by atoms with Gasteiger partial charge in [0, 0.05) is 13.6 Å². The van der Waals surface area contributed by atoms with Gasteiger partial charge in [0.1, 0.15) is 0 Å². The van der Waals surface area contributed by atoms with Crippen LogP contribution in [-0.4, -0.2) is 39.4 Å². The molecule has 0 saturated heterocycles. The topological polar surface area (TPSA) is 92.5 Å². The van der Waals surface area contributed by atoms with Gasteiger partial charge in [-0.2, -0.15) is 0 Å². The van der Waals surface area contributed by atoms with Crippen LogP contribution >= 0.6 is 0 Å². The van der Waals surface area contributed by atoms with Crippen LogP contribution in [0, 0.1) is 0 Å². The first kappa shape index (κ1) is 19.1. The number of carbonyl (C=O) groups is 1. The van der Waals surface area contributed by atoms with E-state index in [4.69, 9.17) is 5.14 Å². The van der Waals surface area contributed by atoms with Crippen LogP contribution in [0.4, 0.5) is 0 Å². The Labute approximate surface area is 148 Å². The lowest BCUT2D eigenvalue weighted by Gasteiger charge is -2.17. The van der Waals surface area contributed by atoms with Crippen molar-refractivity contribution in [1.29, 1.82) is 0 Å². The largest absolute Gasteiger partial charge is 0.340 e. The molecule has 0 saturated carbocycles. The van der Waals surface area contributed by atoms with Crippen molar-refractivity contribution in [2.75, 3.05) is 20.1 Å². The van der Waals surface area contributed by atoms with Gasteiger partial charge in [0.15, 0.2) is 0 Å². The first-order valence-electron chi connectivity index (χ1n) is 7.96. The van der Waals surface area contributed by atoms with Gasteiger partial charge in [-0.05, 0) is 36.2 Å². The summed E-state index contributed by atoms with van der Waals surface area (Å²) in [5.74, 6) is 0.0217. The summed E-state index contributed by atoms with van der Waals surface area (Å²) in [4.78, 5) is 13.9. The highest BCUT2D eigenvalue weighted by molar-refractivity contribution is 7.89. The van der Waals surface area contributed by atoms with Crippen LogP contribution in [0.5, 0.6) is 0 Å². The third-order valence-corrected chi connectivity index (χ3v) is 4.74. The molecule has 0 aliphatic rings. The molecule has 3 N–H and O–H groups in total. The Morgan fingerprint density at radius 3 is 2.28 bits per heavy atom. The maximum atomic E-state index is 12.1. The normalized spacial score (nSPS) is 11.3. The molecule has 0 bridgehead atoms. The zero-order chi connectivity index (χ0) is 18.3. The van der Waals surface area contributed by atoms with Gasteiger partial charge in [0.05, 0.1) is 11.4 Å². The smallest absolute Gasteiger partial charge is 0.238 e. The molecule has 6 nitrogen and oxygen atoms in total. The molecule has 0 aliphatic carbocycles. The molecule has 0 spiro atoms. The Bertz CT molecular complexity index is 790. The molecule has 134 valence electrons. The number of primary sulfonamides is 1. The van der Waals surface area contributed by atoms with Crippen LogP contribution in [0.25, 0.3) is 0 Å². The van der Waals surface area contributed by atoms with E-state index < -0.39 is 10.0 Å². The summed E-state index contributed by atoms with van der Waals surface area (Å²) < 4.78 is 22.4. The molecule has 1 amide bonds. The number of hydrogen-bond acceptors (Lipinski definition) is 4. The minimum absolute atomic E-state index is 0.0217. The van der Waals surface area contributed by atoms with Gasteiger partial charge in [-0.1, -0.05) is 42.5 Å². The summed E-state index contributed by atoms with van der Waals surface area (Å²) in [6.45, 7) is 1.47. The molecule has 0 fully saturated rings. The molecule has 7 heteroatoms. The van der Waals surface area contributed by atoms with E-state index >= 15 is 0 Å². The number of amides is 1. The fourth-order valence-electron chi connectivity index (χ4n) is 2.35. The number of nitrogens with one attached hydrogen (secondary N) is 1. The zero-order valence-electron chi connectivity index (χ0n) is 14.2. The van der Waals surface area contributed by atoms with E-state index in [0.29, 0.717) is 19.5 Å². The maximum absolute atomic E-state index is 12.1. The predicted octanol–water partition coefficient (Wildman–Crippen LogP) is 1.12. The SMILES string of the molecule is CN(Cc1ccccc1)C(=O)CNCCc1ccc(S(N)(=O)=O)cc1. The molecule has 2 aromatic carbocycles. The number of nitrogens with two attached hydrogens (primary N) is 1. The summed E-state index contributed by atoms with van der Waals surface area (Å²) >= 11 is 0. The second-order valence-corrected chi connectivity index (χ2v) is 7.41. The minimum Gasteiger partial charge on any atom is -0.340 e. The highest BCUT2D eigenvalue weighted by atomic mass is 32.2. The molecule has 25 heavy (non-hydrogen) atoms. The van der Waals surface area contributed by atoms with Crippen molar-refractivity contribution in [3.63, 3.8) is 0 Å². The molecular formula is C18H23N3O3S.